The van der Waals surface area contributed by atoms with Gasteiger partial charge in [0.1, 0.15) is 0 Å². The number of hydrogen-bond acceptors (Lipinski definition) is 2. The largest absolute Gasteiger partial charge is 0.352 e. The Bertz CT molecular complexity index is 954. The average molecular weight is 397 g/mol. The van der Waals surface area contributed by atoms with Gasteiger partial charge in [-0.15, -0.1) is 0 Å². The van der Waals surface area contributed by atoms with Gasteiger partial charge in [0.05, 0.1) is 17.8 Å². The van der Waals surface area contributed by atoms with Crippen molar-refractivity contribution < 1.29 is 0 Å². The minimum Gasteiger partial charge on any atom is -0.352 e. The summed E-state index contributed by atoms with van der Waals surface area (Å²) in [5.41, 5.74) is 3.16. The van der Waals surface area contributed by atoms with E-state index in [1.54, 1.807) is 0 Å². The lowest BCUT2D eigenvalue weighted by atomic mass is 10.0. The van der Waals surface area contributed by atoms with Crippen molar-refractivity contribution in [1.29, 1.82) is 0 Å². The zero-order valence-electron chi connectivity index (χ0n) is 15.2. The van der Waals surface area contributed by atoms with E-state index in [0.717, 1.165) is 22.2 Å². The highest BCUT2D eigenvalue weighted by Gasteiger charge is 2.42. The van der Waals surface area contributed by atoms with Gasteiger partial charge in [0.25, 0.3) is 0 Å². The van der Waals surface area contributed by atoms with E-state index in [4.69, 9.17) is 23.8 Å². The number of nitrogens with one attached hydrogen (secondary N) is 1. The van der Waals surface area contributed by atoms with Crippen molar-refractivity contribution in [2.75, 3.05) is 0 Å². The fourth-order valence-corrected chi connectivity index (χ4v) is 4.37. The lowest BCUT2D eigenvalue weighted by molar-refractivity contribution is 0.262. The third-order valence-electron chi connectivity index (χ3n) is 4.86. The lowest BCUT2D eigenvalue weighted by Gasteiger charge is -2.31. The van der Waals surface area contributed by atoms with Crippen LogP contribution in [-0.2, 0) is 0 Å². The van der Waals surface area contributed by atoms with Gasteiger partial charge in [-0.3, -0.25) is 4.98 Å². The molecule has 3 aromatic rings. The standard InChI is InChI=1S/C21H21ClN4S/c1-14(2)26-20(19(24-21(26)27)17-9-3-4-11-23-17)18-10-6-12-25(18)16-8-5-7-15(22)13-16/h3-14,19-20H,1-2H3,(H,24,27)/t19-,20+/m1/s1. The summed E-state index contributed by atoms with van der Waals surface area (Å²) in [6, 6.07) is 18.3. The van der Waals surface area contributed by atoms with Crippen LogP contribution in [0, 0.1) is 0 Å². The van der Waals surface area contributed by atoms with Crippen LogP contribution in [-0.4, -0.2) is 25.6 Å². The van der Waals surface area contributed by atoms with Crippen molar-refractivity contribution in [2.24, 2.45) is 0 Å². The van der Waals surface area contributed by atoms with Gasteiger partial charge < -0.3 is 14.8 Å². The second-order valence-corrected chi connectivity index (χ2v) is 7.73. The Hall–Kier alpha value is -2.37. The van der Waals surface area contributed by atoms with Gasteiger partial charge in [-0.1, -0.05) is 23.7 Å². The highest BCUT2D eigenvalue weighted by Crippen LogP contribution is 2.40. The lowest BCUT2D eigenvalue weighted by Crippen LogP contribution is -2.36. The number of nitrogens with zero attached hydrogens (tertiary/aromatic N) is 3. The monoisotopic (exact) mass is 396 g/mol. The topological polar surface area (TPSA) is 33.1 Å². The smallest absolute Gasteiger partial charge is 0.170 e. The maximum Gasteiger partial charge on any atom is 0.170 e. The van der Waals surface area contributed by atoms with E-state index in [-0.39, 0.29) is 18.1 Å². The van der Waals surface area contributed by atoms with Crippen molar-refractivity contribution in [2.45, 2.75) is 32.0 Å². The number of thiocarbonyl (C=S) groups is 1. The van der Waals surface area contributed by atoms with E-state index in [1.807, 2.05) is 42.6 Å². The zero-order valence-corrected chi connectivity index (χ0v) is 16.8. The summed E-state index contributed by atoms with van der Waals surface area (Å²) < 4.78 is 2.18. The normalized spacial score (nSPS) is 19.6. The van der Waals surface area contributed by atoms with Crippen LogP contribution in [0.3, 0.4) is 0 Å². The van der Waals surface area contributed by atoms with Crippen molar-refractivity contribution in [1.82, 2.24) is 19.8 Å². The first kappa shape index (κ1) is 18.0. The average Bonchev–Trinajstić information content (AvgIpc) is 3.26. The molecule has 6 heteroatoms. The van der Waals surface area contributed by atoms with E-state index >= 15 is 0 Å². The Balaban J connectivity index is 1.84. The molecule has 1 aliphatic rings. The molecule has 4 nitrogen and oxygen atoms in total. The summed E-state index contributed by atoms with van der Waals surface area (Å²) in [7, 11) is 0. The third kappa shape index (κ3) is 3.33. The molecular weight excluding hydrogens is 376 g/mol. The van der Waals surface area contributed by atoms with E-state index in [1.165, 1.54) is 0 Å². The fourth-order valence-electron chi connectivity index (χ4n) is 3.73. The summed E-state index contributed by atoms with van der Waals surface area (Å²) in [6.45, 7) is 4.32. The van der Waals surface area contributed by atoms with Crippen molar-refractivity contribution in [3.8, 4) is 5.69 Å². The van der Waals surface area contributed by atoms with Crippen LogP contribution in [0.15, 0.2) is 67.0 Å². The van der Waals surface area contributed by atoms with E-state index in [0.29, 0.717) is 5.02 Å². The molecule has 1 fully saturated rings. The summed E-state index contributed by atoms with van der Waals surface area (Å²) in [5.74, 6) is 0. The summed E-state index contributed by atoms with van der Waals surface area (Å²) in [5, 5.41) is 4.96. The SMILES string of the molecule is CC(C)N1C(=S)N[C@H](c2ccccn2)[C@@H]1c1cccn1-c1cccc(Cl)c1. The summed E-state index contributed by atoms with van der Waals surface area (Å²) in [6.07, 6.45) is 3.89. The first-order valence-electron chi connectivity index (χ1n) is 8.99. The number of hydrogen-bond donors (Lipinski definition) is 1. The molecule has 0 amide bonds. The van der Waals surface area contributed by atoms with Crippen molar-refractivity contribution in [3.63, 3.8) is 0 Å². The van der Waals surface area contributed by atoms with E-state index in [2.05, 4.69) is 58.0 Å². The molecule has 0 unspecified atom stereocenters. The van der Waals surface area contributed by atoms with E-state index < -0.39 is 0 Å². The molecule has 2 aromatic heterocycles. The molecule has 0 aliphatic carbocycles. The van der Waals surface area contributed by atoms with Crippen LogP contribution >= 0.6 is 23.8 Å². The first-order valence-corrected chi connectivity index (χ1v) is 9.78. The predicted molar refractivity (Wildman–Crippen MR) is 113 cm³/mol. The Morgan fingerprint density at radius 1 is 1.11 bits per heavy atom. The van der Waals surface area contributed by atoms with Gasteiger partial charge in [-0.25, -0.2) is 0 Å². The van der Waals surface area contributed by atoms with Crippen molar-refractivity contribution in [3.05, 3.63) is 83.4 Å². The van der Waals surface area contributed by atoms with Crippen LogP contribution in [0.4, 0.5) is 0 Å². The highest BCUT2D eigenvalue weighted by atomic mass is 35.5. The molecule has 0 bridgehead atoms. The molecule has 0 radical (unpaired) electrons. The summed E-state index contributed by atoms with van der Waals surface area (Å²) >= 11 is 11.9. The molecule has 1 N–H and O–H groups in total. The Morgan fingerprint density at radius 2 is 1.96 bits per heavy atom. The quantitative estimate of drug-likeness (QED) is 0.635. The minimum atomic E-state index is -0.0195. The number of halogens is 1. The second kappa shape index (κ2) is 7.33. The Labute approximate surface area is 169 Å². The van der Waals surface area contributed by atoms with Gasteiger partial charge >= 0.3 is 0 Å². The van der Waals surface area contributed by atoms with Gasteiger partial charge in [0.15, 0.2) is 5.11 Å². The molecule has 4 rings (SSSR count). The van der Waals surface area contributed by atoms with Gasteiger partial charge in [-0.05, 0) is 68.5 Å². The van der Waals surface area contributed by atoms with Crippen LogP contribution in [0.25, 0.3) is 5.69 Å². The maximum atomic E-state index is 6.23. The summed E-state index contributed by atoms with van der Waals surface area (Å²) in [4.78, 5) is 6.84. The number of aromatic nitrogens is 2. The maximum absolute atomic E-state index is 6.23. The molecule has 3 heterocycles. The molecule has 2 atom stereocenters. The number of rotatable bonds is 4. The predicted octanol–water partition coefficient (Wildman–Crippen LogP) is 4.91. The third-order valence-corrected chi connectivity index (χ3v) is 5.43. The molecule has 27 heavy (non-hydrogen) atoms. The number of pyridine rings is 1. The molecule has 0 spiro atoms. The van der Waals surface area contributed by atoms with Crippen LogP contribution in [0.2, 0.25) is 5.02 Å². The fraction of sp³-hybridized carbons (Fsp3) is 0.238. The molecule has 1 aliphatic heterocycles. The van der Waals surface area contributed by atoms with Gasteiger partial charge in [0, 0.05) is 34.8 Å². The van der Waals surface area contributed by atoms with Gasteiger partial charge in [0.2, 0.25) is 0 Å². The molecule has 1 saturated heterocycles. The molecule has 0 saturated carbocycles. The Morgan fingerprint density at radius 3 is 2.67 bits per heavy atom. The second-order valence-electron chi connectivity index (χ2n) is 6.91. The number of benzene rings is 1. The van der Waals surface area contributed by atoms with Crippen LogP contribution in [0.5, 0.6) is 0 Å². The Kier molecular flexibility index (Phi) is 4.89. The molecule has 138 valence electrons. The molecule has 1 aromatic carbocycles. The van der Waals surface area contributed by atoms with Crippen LogP contribution < -0.4 is 5.32 Å². The molecular formula is C21H21ClN4S. The highest BCUT2D eigenvalue weighted by molar-refractivity contribution is 7.80. The van der Waals surface area contributed by atoms with Gasteiger partial charge in [-0.2, -0.15) is 0 Å². The zero-order chi connectivity index (χ0) is 19.0. The van der Waals surface area contributed by atoms with Crippen LogP contribution in [0.1, 0.15) is 37.3 Å². The first-order chi connectivity index (χ1) is 13.1. The van der Waals surface area contributed by atoms with E-state index in [9.17, 15) is 0 Å². The minimum absolute atomic E-state index is 0.0195. The van der Waals surface area contributed by atoms with Crippen molar-refractivity contribution >= 4 is 28.9 Å².